The first-order chi connectivity index (χ1) is 15.9. The first-order valence-electron chi connectivity index (χ1n) is 11.5. The molecule has 33 heavy (non-hydrogen) atoms. The van der Waals surface area contributed by atoms with Crippen LogP contribution in [-0.2, 0) is 22.9 Å². The van der Waals surface area contributed by atoms with Crippen molar-refractivity contribution in [2.24, 2.45) is 0 Å². The van der Waals surface area contributed by atoms with Crippen LogP contribution >= 0.6 is 0 Å². The lowest BCUT2D eigenvalue weighted by atomic mass is 9.94. The molecule has 2 aromatic carbocycles. The number of aryl methyl sites for hydroxylation is 2. The second kappa shape index (κ2) is 8.50. The van der Waals surface area contributed by atoms with Crippen molar-refractivity contribution in [1.29, 1.82) is 0 Å². The molecule has 1 fully saturated rings. The van der Waals surface area contributed by atoms with Gasteiger partial charge in [0.2, 0.25) is 10.0 Å². The number of hydrogen-bond donors (Lipinski definition) is 1. The van der Waals surface area contributed by atoms with Gasteiger partial charge in [0.1, 0.15) is 5.75 Å². The minimum absolute atomic E-state index is 0.146. The highest BCUT2D eigenvalue weighted by molar-refractivity contribution is 7.89. The molecular formula is C25H29N3O4S. The summed E-state index contributed by atoms with van der Waals surface area (Å²) in [6, 6.07) is 11.5. The lowest BCUT2D eigenvalue weighted by Gasteiger charge is -2.36. The Morgan fingerprint density at radius 2 is 1.82 bits per heavy atom. The number of carbonyl (C=O) groups is 1. The van der Waals surface area contributed by atoms with E-state index in [1.165, 1.54) is 0 Å². The van der Waals surface area contributed by atoms with Gasteiger partial charge in [-0.15, -0.1) is 0 Å². The SMILES string of the molecule is CCc1cc2c3c([nH]c2cc1S(=O)(=O)N1CCN(c2ccccc2OC)CC1)CCCC3=O. The Hall–Kier alpha value is -2.84. The molecule has 1 saturated heterocycles. The van der Waals surface area contributed by atoms with Gasteiger partial charge in [-0.2, -0.15) is 4.31 Å². The summed E-state index contributed by atoms with van der Waals surface area (Å²) in [5.41, 5.74) is 4.16. The van der Waals surface area contributed by atoms with E-state index < -0.39 is 10.0 Å². The highest BCUT2D eigenvalue weighted by atomic mass is 32.2. The molecule has 5 rings (SSSR count). The van der Waals surface area contributed by atoms with Crippen molar-refractivity contribution in [3.63, 3.8) is 0 Å². The molecule has 1 aliphatic heterocycles. The Balaban J connectivity index is 1.45. The van der Waals surface area contributed by atoms with E-state index in [0.717, 1.165) is 52.0 Å². The summed E-state index contributed by atoms with van der Waals surface area (Å²) in [7, 11) is -2.02. The number of ketones is 1. The molecule has 3 aromatic rings. The maximum absolute atomic E-state index is 13.7. The largest absolute Gasteiger partial charge is 0.495 e. The predicted molar refractivity (Wildman–Crippen MR) is 129 cm³/mol. The number of aromatic amines is 1. The molecule has 174 valence electrons. The number of fused-ring (bicyclic) bond motifs is 3. The third-order valence-corrected chi connectivity index (χ3v) is 8.81. The van der Waals surface area contributed by atoms with Gasteiger partial charge < -0.3 is 14.6 Å². The molecule has 0 unspecified atom stereocenters. The lowest BCUT2D eigenvalue weighted by Crippen LogP contribution is -2.48. The van der Waals surface area contributed by atoms with Crippen molar-refractivity contribution in [1.82, 2.24) is 9.29 Å². The number of anilines is 1. The van der Waals surface area contributed by atoms with Gasteiger partial charge in [0.15, 0.2) is 5.78 Å². The standard InChI is InChI=1S/C25H29N3O4S/c1-3-17-15-18-20(26-19-7-6-9-22(29)25(18)19)16-24(17)33(30,31)28-13-11-27(12-14-28)21-8-4-5-10-23(21)32-2/h4-5,8,10,15-16,26H,3,6-7,9,11-14H2,1-2H3. The van der Waals surface area contributed by atoms with Gasteiger partial charge in [0.25, 0.3) is 0 Å². The summed E-state index contributed by atoms with van der Waals surface area (Å²) >= 11 is 0. The summed E-state index contributed by atoms with van der Waals surface area (Å²) in [4.78, 5) is 18.4. The normalized spacial score (nSPS) is 17.4. The van der Waals surface area contributed by atoms with Gasteiger partial charge in [-0.05, 0) is 49.1 Å². The van der Waals surface area contributed by atoms with Crippen molar-refractivity contribution < 1.29 is 17.9 Å². The predicted octanol–water partition coefficient (Wildman–Crippen LogP) is 3.77. The zero-order chi connectivity index (χ0) is 23.2. The molecule has 0 atom stereocenters. The van der Waals surface area contributed by atoms with Crippen molar-refractivity contribution in [2.45, 2.75) is 37.5 Å². The van der Waals surface area contributed by atoms with E-state index in [2.05, 4.69) is 9.88 Å². The van der Waals surface area contributed by atoms with E-state index in [1.807, 2.05) is 37.3 Å². The summed E-state index contributed by atoms with van der Waals surface area (Å²) in [5.74, 6) is 0.936. The molecule has 8 heteroatoms. The van der Waals surface area contributed by atoms with Gasteiger partial charge in [-0.25, -0.2) is 8.42 Å². The molecule has 2 aliphatic rings. The average Bonchev–Trinajstić information content (AvgIpc) is 3.22. The number of carbonyl (C=O) groups excluding carboxylic acids is 1. The number of benzene rings is 2. The molecule has 2 heterocycles. The number of sulfonamides is 1. The fourth-order valence-corrected chi connectivity index (χ4v) is 6.82. The Labute approximate surface area is 194 Å². The third-order valence-electron chi connectivity index (χ3n) is 6.83. The number of nitrogens with one attached hydrogen (secondary N) is 1. The number of aromatic nitrogens is 1. The third kappa shape index (κ3) is 3.71. The van der Waals surface area contributed by atoms with Crippen LogP contribution in [0.25, 0.3) is 10.9 Å². The summed E-state index contributed by atoms with van der Waals surface area (Å²) in [6.07, 6.45) is 2.79. The molecule has 1 aliphatic carbocycles. The summed E-state index contributed by atoms with van der Waals surface area (Å²) < 4.78 is 34.4. The van der Waals surface area contributed by atoms with Crippen LogP contribution in [0.4, 0.5) is 5.69 Å². The lowest BCUT2D eigenvalue weighted by molar-refractivity contribution is 0.0974. The molecular weight excluding hydrogens is 438 g/mol. The Morgan fingerprint density at radius 1 is 1.06 bits per heavy atom. The second-order valence-corrected chi connectivity index (χ2v) is 10.6. The van der Waals surface area contributed by atoms with Crippen LogP contribution < -0.4 is 9.64 Å². The molecule has 1 N–H and O–H groups in total. The fraction of sp³-hybridized carbons (Fsp3) is 0.400. The van der Waals surface area contributed by atoms with Crippen LogP contribution in [0.1, 0.15) is 41.4 Å². The van der Waals surface area contributed by atoms with Gasteiger partial charge in [0, 0.05) is 54.8 Å². The van der Waals surface area contributed by atoms with Crippen LogP contribution in [0.3, 0.4) is 0 Å². The number of hydrogen-bond acceptors (Lipinski definition) is 5. The van der Waals surface area contributed by atoms with Crippen LogP contribution in [-0.4, -0.2) is 56.8 Å². The average molecular weight is 468 g/mol. The van der Waals surface area contributed by atoms with Crippen LogP contribution in [0.2, 0.25) is 0 Å². The van der Waals surface area contributed by atoms with E-state index >= 15 is 0 Å². The quantitative estimate of drug-likeness (QED) is 0.618. The number of methoxy groups -OCH3 is 1. The van der Waals surface area contributed by atoms with Gasteiger partial charge in [-0.3, -0.25) is 4.79 Å². The Morgan fingerprint density at radius 3 is 2.55 bits per heavy atom. The Bertz CT molecular complexity index is 1320. The Kier molecular flexibility index (Phi) is 5.66. The van der Waals surface area contributed by atoms with Crippen molar-refractivity contribution in [3.05, 3.63) is 53.2 Å². The van der Waals surface area contributed by atoms with Gasteiger partial charge in [0.05, 0.1) is 17.7 Å². The van der Waals surface area contributed by atoms with Crippen molar-refractivity contribution >= 4 is 32.4 Å². The maximum Gasteiger partial charge on any atom is 0.243 e. The molecule has 0 amide bonds. The number of H-pyrrole nitrogens is 1. The summed E-state index contributed by atoms with van der Waals surface area (Å²) in [6.45, 7) is 3.95. The number of piperazine rings is 1. The van der Waals surface area contributed by atoms with Gasteiger partial charge in [-0.1, -0.05) is 19.1 Å². The number of Topliss-reactive ketones (excluding diaryl/α,β-unsaturated/α-hetero) is 1. The number of para-hydroxylation sites is 2. The monoisotopic (exact) mass is 467 g/mol. The van der Waals surface area contributed by atoms with Gasteiger partial charge >= 0.3 is 0 Å². The number of nitrogens with zero attached hydrogens (tertiary/aromatic N) is 2. The number of rotatable bonds is 5. The molecule has 0 saturated carbocycles. The first kappa shape index (κ1) is 22.0. The minimum Gasteiger partial charge on any atom is -0.495 e. The fourth-order valence-electron chi connectivity index (χ4n) is 5.10. The zero-order valence-electron chi connectivity index (χ0n) is 19.1. The molecule has 1 aromatic heterocycles. The molecule has 0 spiro atoms. The van der Waals surface area contributed by atoms with Crippen molar-refractivity contribution in [2.75, 3.05) is 38.2 Å². The van der Waals surface area contributed by atoms with E-state index in [9.17, 15) is 13.2 Å². The van der Waals surface area contributed by atoms with E-state index in [1.54, 1.807) is 17.5 Å². The highest BCUT2D eigenvalue weighted by Gasteiger charge is 2.32. The van der Waals surface area contributed by atoms with Crippen LogP contribution in [0.5, 0.6) is 5.75 Å². The molecule has 7 nitrogen and oxygen atoms in total. The van der Waals surface area contributed by atoms with E-state index in [0.29, 0.717) is 43.9 Å². The number of ether oxygens (including phenoxy) is 1. The maximum atomic E-state index is 13.7. The topological polar surface area (TPSA) is 82.7 Å². The summed E-state index contributed by atoms with van der Waals surface area (Å²) in [5, 5.41) is 0.853. The van der Waals surface area contributed by atoms with E-state index in [4.69, 9.17) is 4.74 Å². The first-order valence-corrected chi connectivity index (χ1v) is 13.0. The minimum atomic E-state index is -3.66. The van der Waals surface area contributed by atoms with Crippen LogP contribution in [0.15, 0.2) is 41.3 Å². The van der Waals surface area contributed by atoms with E-state index in [-0.39, 0.29) is 5.78 Å². The molecule has 0 bridgehead atoms. The zero-order valence-corrected chi connectivity index (χ0v) is 19.9. The highest BCUT2D eigenvalue weighted by Crippen LogP contribution is 2.34. The van der Waals surface area contributed by atoms with Crippen molar-refractivity contribution in [3.8, 4) is 5.75 Å². The molecule has 0 radical (unpaired) electrons. The van der Waals surface area contributed by atoms with Crippen LogP contribution in [0, 0.1) is 0 Å². The second-order valence-electron chi connectivity index (χ2n) is 8.68. The smallest absolute Gasteiger partial charge is 0.243 e.